The van der Waals surface area contributed by atoms with E-state index in [9.17, 15) is 0 Å². The van der Waals surface area contributed by atoms with Gasteiger partial charge >= 0.3 is 0 Å². The molecule has 0 amide bonds. The van der Waals surface area contributed by atoms with Gasteiger partial charge in [0.2, 0.25) is 0 Å². The van der Waals surface area contributed by atoms with Gasteiger partial charge in [0.1, 0.15) is 0 Å². The molecule has 90 valence electrons. The van der Waals surface area contributed by atoms with Crippen molar-refractivity contribution in [1.82, 2.24) is 4.98 Å². The van der Waals surface area contributed by atoms with E-state index in [1.807, 2.05) is 0 Å². The van der Waals surface area contributed by atoms with E-state index in [1.54, 1.807) is 0 Å². The molecular weight excluding hydrogens is 218 g/mol. The lowest BCUT2D eigenvalue weighted by molar-refractivity contribution is 1.37. The third kappa shape index (κ3) is 1.72. The summed E-state index contributed by atoms with van der Waals surface area (Å²) in [6.45, 7) is 6.45. The van der Waals surface area contributed by atoms with E-state index in [1.165, 1.54) is 38.5 Å². The van der Waals surface area contributed by atoms with Crippen LogP contribution in [0.3, 0.4) is 0 Å². The van der Waals surface area contributed by atoms with Gasteiger partial charge in [0.15, 0.2) is 0 Å². The molecule has 3 aromatic rings. The molecule has 0 aliphatic carbocycles. The van der Waals surface area contributed by atoms with Crippen LogP contribution in [-0.4, -0.2) is 4.98 Å². The molecule has 0 aliphatic heterocycles. The molecule has 0 unspecified atom stereocenters. The molecule has 2 aromatic heterocycles. The normalized spacial score (nSPS) is 11.1. The number of aryl methyl sites for hydroxylation is 3. The van der Waals surface area contributed by atoms with Crippen molar-refractivity contribution in [3.8, 4) is 0 Å². The van der Waals surface area contributed by atoms with Gasteiger partial charge < -0.3 is 4.98 Å². The van der Waals surface area contributed by atoms with E-state index in [0.717, 1.165) is 0 Å². The maximum absolute atomic E-state index is 3.50. The number of aromatic amines is 1. The van der Waals surface area contributed by atoms with Crippen LogP contribution in [0.25, 0.3) is 21.8 Å². The summed E-state index contributed by atoms with van der Waals surface area (Å²) in [5.74, 6) is 0. The van der Waals surface area contributed by atoms with Crippen LogP contribution in [0.15, 0.2) is 42.5 Å². The molecular formula is C17H17N. The van der Waals surface area contributed by atoms with Gasteiger partial charge in [-0.3, -0.25) is 0 Å². The molecule has 2 bridgehead atoms. The minimum Gasteiger partial charge on any atom is -0.355 e. The second-order valence-electron chi connectivity index (χ2n) is 5.04. The van der Waals surface area contributed by atoms with E-state index in [-0.39, 0.29) is 0 Å². The van der Waals surface area contributed by atoms with Crippen LogP contribution in [-0.2, 0) is 0 Å². The highest BCUT2D eigenvalue weighted by Crippen LogP contribution is 2.27. The summed E-state index contributed by atoms with van der Waals surface area (Å²) >= 11 is 0. The van der Waals surface area contributed by atoms with E-state index in [4.69, 9.17) is 0 Å². The molecule has 0 aliphatic rings. The predicted molar refractivity (Wildman–Crippen MR) is 78.8 cm³/mol. The van der Waals surface area contributed by atoms with E-state index >= 15 is 0 Å². The number of aromatic nitrogens is 1. The number of H-pyrrole nitrogens is 1. The Morgan fingerprint density at radius 1 is 0.722 bits per heavy atom. The fourth-order valence-corrected chi connectivity index (χ4v) is 2.37. The summed E-state index contributed by atoms with van der Waals surface area (Å²) in [6.07, 6.45) is 0. The Morgan fingerprint density at radius 2 is 1.33 bits per heavy atom. The van der Waals surface area contributed by atoms with E-state index in [0.29, 0.717) is 0 Å². The fraction of sp³-hybridized carbons (Fsp3) is 0.176. The SMILES string of the molecule is Cc1cccc2[nH]c(cc1)c1cc(C)c(C)cc21. The largest absolute Gasteiger partial charge is 0.355 e. The Hall–Kier alpha value is -2.02. The number of fused-ring (bicyclic) bond motifs is 5. The van der Waals surface area contributed by atoms with Crippen molar-refractivity contribution in [3.63, 3.8) is 0 Å². The zero-order valence-electron chi connectivity index (χ0n) is 11.0. The lowest BCUT2D eigenvalue weighted by Gasteiger charge is -2.00. The van der Waals surface area contributed by atoms with Crippen LogP contribution in [0.5, 0.6) is 0 Å². The first-order valence-corrected chi connectivity index (χ1v) is 6.31. The maximum Gasteiger partial charge on any atom is 0.0465 e. The second-order valence-corrected chi connectivity index (χ2v) is 5.04. The van der Waals surface area contributed by atoms with Crippen LogP contribution < -0.4 is 0 Å². The maximum atomic E-state index is 3.50. The zero-order chi connectivity index (χ0) is 12.7. The molecule has 2 heterocycles. The first-order valence-electron chi connectivity index (χ1n) is 6.31. The molecule has 0 radical (unpaired) electrons. The molecule has 1 N–H and O–H groups in total. The first-order chi connectivity index (χ1) is 8.65. The average molecular weight is 235 g/mol. The standard InChI is InChI=1S/C17H17N/c1-11-5-4-6-16-14-9-12(2)13(3)10-15(14)17(18-16)8-7-11/h4-10,18H,1-3H3. The average Bonchev–Trinajstić information content (AvgIpc) is 2.69. The van der Waals surface area contributed by atoms with Crippen molar-refractivity contribution in [3.05, 3.63) is 59.2 Å². The van der Waals surface area contributed by atoms with Crippen LogP contribution in [0, 0.1) is 20.8 Å². The van der Waals surface area contributed by atoms with E-state index < -0.39 is 0 Å². The lowest BCUT2D eigenvalue weighted by atomic mass is 10.0. The first kappa shape index (κ1) is 11.1. The van der Waals surface area contributed by atoms with Crippen LogP contribution in [0.2, 0.25) is 0 Å². The summed E-state index contributed by atoms with van der Waals surface area (Å²) in [7, 11) is 0. The molecule has 1 heteroatoms. The highest BCUT2D eigenvalue weighted by Gasteiger charge is 2.04. The minimum atomic E-state index is 1.19. The van der Waals surface area contributed by atoms with Gasteiger partial charge in [-0.15, -0.1) is 0 Å². The van der Waals surface area contributed by atoms with E-state index in [2.05, 4.69) is 68.2 Å². The van der Waals surface area contributed by atoms with Crippen molar-refractivity contribution >= 4 is 21.8 Å². The molecule has 0 atom stereocenters. The molecule has 0 saturated heterocycles. The van der Waals surface area contributed by atoms with Crippen molar-refractivity contribution < 1.29 is 0 Å². The van der Waals surface area contributed by atoms with Gasteiger partial charge in [0.25, 0.3) is 0 Å². The van der Waals surface area contributed by atoms with Crippen molar-refractivity contribution in [2.75, 3.05) is 0 Å². The topological polar surface area (TPSA) is 15.8 Å². The molecule has 3 rings (SSSR count). The highest BCUT2D eigenvalue weighted by molar-refractivity contribution is 6.07. The molecule has 18 heavy (non-hydrogen) atoms. The summed E-state index contributed by atoms with van der Waals surface area (Å²) in [6, 6.07) is 15.3. The number of hydrogen-bond donors (Lipinski definition) is 1. The Kier molecular flexibility index (Phi) is 2.48. The van der Waals surface area contributed by atoms with Crippen molar-refractivity contribution in [2.24, 2.45) is 0 Å². The Bertz CT molecular complexity index is 764. The predicted octanol–water partition coefficient (Wildman–Crippen LogP) is 4.81. The molecule has 0 saturated carbocycles. The number of nitrogens with one attached hydrogen (secondary N) is 1. The van der Waals surface area contributed by atoms with Crippen LogP contribution in [0.4, 0.5) is 0 Å². The van der Waals surface area contributed by atoms with Crippen molar-refractivity contribution in [1.29, 1.82) is 0 Å². The quantitative estimate of drug-likeness (QED) is 0.575. The van der Waals surface area contributed by atoms with Gasteiger partial charge in [-0.25, -0.2) is 0 Å². The minimum absolute atomic E-state index is 1.19. The number of benzene rings is 1. The molecule has 1 aromatic carbocycles. The second kappa shape index (κ2) is 4.02. The Labute approximate surface area is 107 Å². The Balaban J connectivity index is 2.54. The zero-order valence-corrected chi connectivity index (χ0v) is 11.0. The molecule has 0 spiro atoms. The lowest BCUT2D eigenvalue weighted by Crippen LogP contribution is -1.79. The summed E-state index contributed by atoms with van der Waals surface area (Å²) in [4.78, 5) is 3.50. The number of rotatable bonds is 0. The fourth-order valence-electron chi connectivity index (χ4n) is 2.37. The van der Waals surface area contributed by atoms with Crippen LogP contribution >= 0.6 is 0 Å². The summed E-state index contributed by atoms with van der Waals surface area (Å²) < 4.78 is 0. The summed E-state index contributed by atoms with van der Waals surface area (Å²) in [5, 5.41) is 2.62. The molecule has 0 fully saturated rings. The number of hydrogen-bond acceptors (Lipinski definition) is 0. The Morgan fingerprint density at radius 3 is 2.00 bits per heavy atom. The van der Waals surface area contributed by atoms with Crippen molar-refractivity contribution in [2.45, 2.75) is 20.8 Å². The van der Waals surface area contributed by atoms with Gasteiger partial charge in [-0.05, 0) is 56.2 Å². The smallest absolute Gasteiger partial charge is 0.0465 e. The highest BCUT2D eigenvalue weighted by atomic mass is 14.7. The van der Waals surface area contributed by atoms with Gasteiger partial charge in [-0.1, -0.05) is 23.8 Å². The van der Waals surface area contributed by atoms with Gasteiger partial charge in [-0.2, -0.15) is 0 Å². The van der Waals surface area contributed by atoms with Gasteiger partial charge in [0.05, 0.1) is 0 Å². The monoisotopic (exact) mass is 235 g/mol. The van der Waals surface area contributed by atoms with Gasteiger partial charge in [0, 0.05) is 21.8 Å². The van der Waals surface area contributed by atoms with Crippen LogP contribution in [0.1, 0.15) is 16.7 Å². The third-order valence-electron chi connectivity index (χ3n) is 3.62. The third-order valence-corrected chi connectivity index (χ3v) is 3.62. The molecule has 1 nitrogen and oxygen atoms in total. The summed E-state index contributed by atoms with van der Waals surface area (Å²) in [5.41, 5.74) is 6.34.